The molecule has 0 radical (unpaired) electrons. The molecule has 4 aromatic rings. The average Bonchev–Trinajstić information content (AvgIpc) is 3.32. The van der Waals surface area contributed by atoms with Gasteiger partial charge in [-0.05, 0) is 61.2 Å². The molecule has 0 aliphatic carbocycles. The van der Waals surface area contributed by atoms with Crippen LogP contribution in [0.25, 0.3) is 27.7 Å². The molecule has 0 bridgehead atoms. The largest absolute Gasteiger partial charge is 0.337 e. The monoisotopic (exact) mass is 344 g/mol. The molecule has 0 fully saturated rings. The summed E-state index contributed by atoms with van der Waals surface area (Å²) in [5, 5.41) is 12.9. The highest BCUT2D eigenvalue weighted by Gasteiger charge is 2.13. The zero-order valence-electron chi connectivity index (χ0n) is 13.9. The zero-order chi connectivity index (χ0) is 17.4. The van der Waals surface area contributed by atoms with E-state index in [1.807, 2.05) is 36.4 Å². The number of nitrogens with one attached hydrogen (secondary N) is 1. The van der Waals surface area contributed by atoms with Crippen LogP contribution in [-0.2, 0) is 0 Å². The van der Waals surface area contributed by atoms with Crippen molar-refractivity contribution in [2.75, 3.05) is 0 Å². The Balaban J connectivity index is 1.81. The zero-order valence-corrected chi connectivity index (χ0v) is 14.8. The first kappa shape index (κ1) is 15.4. The van der Waals surface area contributed by atoms with Crippen molar-refractivity contribution in [2.24, 2.45) is 0 Å². The normalized spacial score (nSPS) is 11.8. The number of imidazole rings is 1. The van der Waals surface area contributed by atoms with E-state index in [9.17, 15) is 5.26 Å². The number of hydrogen-bond acceptors (Lipinski definition) is 3. The Hall–Kier alpha value is -3.10. The van der Waals surface area contributed by atoms with Gasteiger partial charge in [-0.15, -0.1) is 11.3 Å². The highest BCUT2D eigenvalue weighted by atomic mass is 32.1. The van der Waals surface area contributed by atoms with Crippen LogP contribution in [0.3, 0.4) is 0 Å². The molecule has 4 nitrogen and oxygen atoms in total. The number of rotatable bonds is 3. The van der Waals surface area contributed by atoms with E-state index in [0.29, 0.717) is 11.4 Å². The van der Waals surface area contributed by atoms with E-state index >= 15 is 0 Å². The first-order valence-corrected chi connectivity index (χ1v) is 8.85. The van der Waals surface area contributed by atoms with Crippen molar-refractivity contribution in [3.63, 3.8) is 0 Å². The number of thiophene rings is 1. The van der Waals surface area contributed by atoms with Crippen molar-refractivity contribution < 1.29 is 0 Å². The van der Waals surface area contributed by atoms with Crippen molar-refractivity contribution in [1.82, 2.24) is 14.5 Å². The minimum absolute atomic E-state index is 0.530. The lowest BCUT2D eigenvalue weighted by Crippen LogP contribution is -1.96. The van der Waals surface area contributed by atoms with Crippen LogP contribution in [0.5, 0.6) is 0 Å². The number of aromatic nitrogens is 3. The molecule has 1 aromatic carbocycles. The Morgan fingerprint density at radius 2 is 2.08 bits per heavy atom. The molecule has 0 spiro atoms. The van der Waals surface area contributed by atoms with Gasteiger partial charge in [-0.2, -0.15) is 5.26 Å². The predicted octanol–water partition coefficient (Wildman–Crippen LogP) is 5.10. The summed E-state index contributed by atoms with van der Waals surface area (Å²) in [5.74, 6) is 0.602. The van der Waals surface area contributed by atoms with E-state index in [0.717, 1.165) is 28.0 Å². The van der Waals surface area contributed by atoms with Gasteiger partial charge >= 0.3 is 0 Å². The van der Waals surface area contributed by atoms with Gasteiger partial charge in [0.25, 0.3) is 0 Å². The number of allylic oxidation sites excluding steroid dienone is 1. The fourth-order valence-electron chi connectivity index (χ4n) is 3.06. The number of nitriles is 1. The van der Waals surface area contributed by atoms with Crippen LogP contribution in [0.2, 0.25) is 0 Å². The molecule has 5 heteroatoms. The SMILES string of the molecule is Cc1cc(C=C(C#N)c2nc3ccccc3[nH]2)c(C)n1-c1cccs1. The maximum atomic E-state index is 9.63. The molecule has 4 rings (SSSR count). The highest BCUT2D eigenvalue weighted by Crippen LogP contribution is 2.27. The molecule has 0 saturated heterocycles. The van der Waals surface area contributed by atoms with Crippen LogP contribution in [0, 0.1) is 25.2 Å². The first-order chi connectivity index (χ1) is 12.2. The second kappa shape index (κ2) is 6.08. The summed E-state index contributed by atoms with van der Waals surface area (Å²) in [4.78, 5) is 7.77. The molecule has 122 valence electrons. The second-order valence-corrected chi connectivity index (χ2v) is 6.81. The van der Waals surface area contributed by atoms with E-state index in [2.05, 4.69) is 52.0 Å². The number of aryl methyl sites for hydroxylation is 1. The molecule has 3 aromatic heterocycles. The molecule has 0 atom stereocenters. The summed E-state index contributed by atoms with van der Waals surface area (Å²) in [6.45, 7) is 4.16. The van der Waals surface area contributed by atoms with E-state index in [-0.39, 0.29) is 0 Å². The Labute approximate surface area is 149 Å². The molecule has 25 heavy (non-hydrogen) atoms. The molecule has 1 N–H and O–H groups in total. The van der Waals surface area contributed by atoms with Crippen LogP contribution in [0.15, 0.2) is 47.8 Å². The van der Waals surface area contributed by atoms with E-state index in [4.69, 9.17) is 0 Å². The van der Waals surface area contributed by atoms with Crippen LogP contribution in [-0.4, -0.2) is 14.5 Å². The van der Waals surface area contributed by atoms with Gasteiger partial charge in [0, 0.05) is 11.4 Å². The molecule has 3 heterocycles. The minimum Gasteiger partial charge on any atom is -0.337 e. The van der Waals surface area contributed by atoms with Crippen molar-refractivity contribution >= 4 is 34.0 Å². The van der Waals surface area contributed by atoms with Gasteiger partial charge in [0.2, 0.25) is 0 Å². The standard InChI is InChI=1S/C20H16N4S/c1-13-10-15(14(2)24(13)19-8-5-9-25-19)11-16(12-21)20-22-17-6-3-4-7-18(17)23-20/h3-11H,1-2H3,(H,22,23). The molecule has 0 aliphatic heterocycles. The summed E-state index contributed by atoms with van der Waals surface area (Å²) in [6, 6.07) is 16.3. The Kier molecular flexibility index (Phi) is 3.75. The molecule has 0 aliphatic rings. The predicted molar refractivity (Wildman–Crippen MR) is 103 cm³/mol. The van der Waals surface area contributed by atoms with E-state index in [1.165, 1.54) is 5.00 Å². The summed E-state index contributed by atoms with van der Waals surface area (Å²) >= 11 is 1.70. The van der Waals surface area contributed by atoms with Crippen LogP contribution in [0.1, 0.15) is 22.8 Å². The van der Waals surface area contributed by atoms with Crippen LogP contribution in [0.4, 0.5) is 0 Å². The van der Waals surface area contributed by atoms with Gasteiger partial charge in [0.05, 0.1) is 21.6 Å². The highest BCUT2D eigenvalue weighted by molar-refractivity contribution is 7.12. The third-order valence-corrected chi connectivity index (χ3v) is 5.11. The van der Waals surface area contributed by atoms with Gasteiger partial charge in [-0.1, -0.05) is 12.1 Å². The summed E-state index contributed by atoms with van der Waals surface area (Å²) in [7, 11) is 0. The summed E-state index contributed by atoms with van der Waals surface area (Å²) in [6.07, 6.45) is 1.91. The van der Waals surface area contributed by atoms with E-state index in [1.54, 1.807) is 11.3 Å². The summed E-state index contributed by atoms with van der Waals surface area (Å²) < 4.78 is 2.21. The third kappa shape index (κ3) is 2.67. The quantitative estimate of drug-likeness (QED) is 0.526. The fraction of sp³-hybridized carbons (Fsp3) is 0.100. The summed E-state index contributed by atoms with van der Waals surface area (Å²) in [5.41, 5.74) is 5.62. The number of para-hydroxylation sites is 2. The van der Waals surface area contributed by atoms with Crippen molar-refractivity contribution in [1.29, 1.82) is 5.26 Å². The maximum absolute atomic E-state index is 9.63. The third-order valence-electron chi connectivity index (χ3n) is 4.26. The molecular weight excluding hydrogens is 328 g/mol. The lowest BCUT2D eigenvalue weighted by Gasteiger charge is -2.05. The smallest absolute Gasteiger partial charge is 0.149 e. The molecular formula is C20H16N4S. The first-order valence-electron chi connectivity index (χ1n) is 7.97. The van der Waals surface area contributed by atoms with Gasteiger partial charge in [-0.25, -0.2) is 4.98 Å². The van der Waals surface area contributed by atoms with Crippen molar-refractivity contribution in [2.45, 2.75) is 13.8 Å². The van der Waals surface area contributed by atoms with Gasteiger partial charge in [0.1, 0.15) is 11.9 Å². The van der Waals surface area contributed by atoms with Crippen LogP contribution < -0.4 is 0 Å². The van der Waals surface area contributed by atoms with Crippen molar-refractivity contribution in [3.8, 4) is 11.1 Å². The average molecular weight is 344 g/mol. The topological polar surface area (TPSA) is 57.4 Å². The van der Waals surface area contributed by atoms with Crippen molar-refractivity contribution in [3.05, 3.63) is 70.6 Å². The number of fused-ring (bicyclic) bond motifs is 1. The fourth-order valence-corrected chi connectivity index (χ4v) is 3.90. The lowest BCUT2D eigenvalue weighted by atomic mass is 10.1. The molecule has 0 unspecified atom stereocenters. The molecule has 0 saturated carbocycles. The van der Waals surface area contributed by atoms with E-state index < -0.39 is 0 Å². The van der Waals surface area contributed by atoms with Gasteiger partial charge in [0.15, 0.2) is 0 Å². The number of hydrogen-bond donors (Lipinski definition) is 1. The number of benzene rings is 1. The number of nitrogens with zero attached hydrogens (tertiary/aromatic N) is 3. The lowest BCUT2D eigenvalue weighted by molar-refractivity contribution is 0.985. The molecule has 0 amide bonds. The number of H-pyrrole nitrogens is 1. The minimum atomic E-state index is 0.530. The number of aromatic amines is 1. The second-order valence-electron chi connectivity index (χ2n) is 5.89. The van der Waals surface area contributed by atoms with Gasteiger partial charge < -0.3 is 9.55 Å². The Morgan fingerprint density at radius 1 is 1.24 bits per heavy atom. The Bertz CT molecular complexity index is 1090. The Morgan fingerprint density at radius 3 is 2.80 bits per heavy atom. The maximum Gasteiger partial charge on any atom is 0.149 e. The van der Waals surface area contributed by atoms with Gasteiger partial charge in [-0.3, -0.25) is 0 Å². The van der Waals surface area contributed by atoms with Crippen LogP contribution >= 0.6 is 11.3 Å².